The maximum atomic E-state index is 13.0. The molecule has 0 atom stereocenters. The highest BCUT2D eigenvalue weighted by Gasteiger charge is 2.35. The van der Waals surface area contributed by atoms with Gasteiger partial charge in [-0.05, 0) is 25.0 Å². The first-order valence-electron chi connectivity index (χ1n) is 5.90. The molecule has 0 spiro atoms. The van der Waals surface area contributed by atoms with E-state index in [1.165, 1.54) is 4.90 Å². The molecule has 1 aromatic rings. The molecular formula is C12H13FN2O4. The lowest BCUT2D eigenvalue weighted by molar-refractivity contribution is -0.385. The van der Waals surface area contributed by atoms with Gasteiger partial charge in [0.15, 0.2) is 0 Å². The van der Waals surface area contributed by atoms with E-state index in [0.717, 1.165) is 31.0 Å². The quantitative estimate of drug-likeness (QED) is 0.645. The third-order valence-corrected chi connectivity index (χ3v) is 2.98. The van der Waals surface area contributed by atoms with Crippen molar-refractivity contribution in [2.45, 2.75) is 18.9 Å². The van der Waals surface area contributed by atoms with Crippen molar-refractivity contribution in [2.75, 3.05) is 13.2 Å². The summed E-state index contributed by atoms with van der Waals surface area (Å²) in [6.07, 6.45) is 1.64. The molecule has 0 bridgehead atoms. The first-order chi connectivity index (χ1) is 9.04. The van der Waals surface area contributed by atoms with Gasteiger partial charge >= 0.3 is 0 Å². The number of amides is 1. The molecule has 0 heterocycles. The molecule has 1 fully saturated rings. The number of nitrogens with zero attached hydrogens (tertiary/aromatic N) is 2. The maximum absolute atomic E-state index is 13.0. The van der Waals surface area contributed by atoms with Crippen LogP contribution in [0.3, 0.4) is 0 Å². The monoisotopic (exact) mass is 268 g/mol. The van der Waals surface area contributed by atoms with E-state index < -0.39 is 22.3 Å². The summed E-state index contributed by atoms with van der Waals surface area (Å²) < 4.78 is 13.0. The SMILES string of the molecule is O=C(c1ccc(F)cc1[N+](=O)[O-])N(CCO)C1CC1. The molecule has 1 aromatic carbocycles. The summed E-state index contributed by atoms with van der Waals surface area (Å²) in [5.74, 6) is -1.30. The highest BCUT2D eigenvalue weighted by atomic mass is 19.1. The molecule has 0 aliphatic heterocycles. The van der Waals surface area contributed by atoms with Gasteiger partial charge < -0.3 is 10.0 Å². The number of aliphatic hydroxyl groups excluding tert-OH is 1. The summed E-state index contributed by atoms with van der Waals surface area (Å²) in [6.45, 7) is -0.0880. The Hall–Kier alpha value is -2.02. The second-order valence-electron chi connectivity index (χ2n) is 4.37. The van der Waals surface area contributed by atoms with Gasteiger partial charge in [-0.2, -0.15) is 0 Å². The minimum atomic E-state index is -0.777. The summed E-state index contributed by atoms with van der Waals surface area (Å²) in [7, 11) is 0. The largest absolute Gasteiger partial charge is 0.395 e. The van der Waals surface area contributed by atoms with Gasteiger partial charge in [-0.25, -0.2) is 4.39 Å². The summed E-state index contributed by atoms with van der Waals surface area (Å²) in [5.41, 5.74) is -0.694. The van der Waals surface area contributed by atoms with Crippen LogP contribution in [0.1, 0.15) is 23.2 Å². The molecule has 19 heavy (non-hydrogen) atoms. The number of carbonyl (C=O) groups excluding carboxylic acids is 1. The lowest BCUT2D eigenvalue weighted by Gasteiger charge is -2.21. The van der Waals surface area contributed by atoms with Crippen molar-refractivity contribution in [1.82, 2.24) is 4.90 Å². The van der Waals surface area contributed by atoms with E-state index >= 15 is 0 Å². The molecule has 102 valence electrons. The fourth-order valence-corrected chi connectivity index (χ4v) is 1.94. The van der Waals surface area contributed by atoms with E-state index in [0.29, 0.717) is 0 Å². The first kappa shape index (κ1) is 13.4. The van der Waals surface area contributed by atoms with E-state index in [-0.39, 0.29) is 24.8 Å². The van der Waals surface area contributed by atoms with Crippen LogP contribution in [-0.2, 0) is 0 Å². The predicted molar refractivity (Wildman–Crippen MR) is 64.2 cm³/mol. The number of benzene rings is 1. The van der Waals surface area contributed by atoms with Gasteiger partial charge in [0.05, 0.1) is 17.6 Å². The third kappa shape index (κ3) is 2.87. The highest BCUT2D eigenvalue weighted by Crippen LogP contribution is 2.30. The number of aliphatic hydroxyl groups is 1. The van der Waals surface area contributed by atoms with Crippen LogP contribution in [0.25, 0.3) is 0 Å². The van der Waals surface area contributed by atoms with Gasteiger partial charge in [0, 0.05) is 12.6 Å². The highest BCUT2D eigenvalue weighted by molar-refractivity contribution is 5.98. The van der Waals surface area contributed by atoms with Crippen molar-refractivity contribution in [3.63, 3.8) is 0 Å². The Morgan fingerprint density at radius 3 is 2.74 bits per heavy atom. The number of hydrogen-bond donors (Lipinski definition) is 1. The average Bonchev–Trinajstić information content (AvgIpc) is 3.19. The lowest BCUT2D eigenvalue weighted by atomic mass is 10.1. The van der Waals surface area contributed by atoms with Crippen LogP contribution in [0.15, 0.2) is 18.2 Å². The first-order valence-corrected chi connectivity index (χ1v) is 5.90. The maximum Gasteiger partial charge on any atom is 0.285 e. The number of nitro groups is 1. The fraction of sp³-hybridized carbons (Fsp3) is 0.417. The number of nitro benzene ring substituents is 1. The van der Waals surface area contributed by atoms with Crippen LogP contribution in [0.5, 0.6) is 0 Å². The Balaban J connectivity index is 2.34. The zero-order valence-corrected chi connectivity index (χ0v) is 10.1. The zero-order valence-electron chi connectivity index (χ0n) is 10.1. The fourth-order valence-electron chi connectivity index (χ4n) is 1.94. The number of halogens is 1. The topological polar surface area (TPSA) is 83.7 Å². The molecule has 1 aliphatic carbocycles. The van der Waals surface area contributed by atoms with Gasteiger partial charge in [-0.3, -0.25) is 14.9 Å². The number of hydrogen-bond acceptors (Lipinski definition) is 4. The van der Waals surface area contributed by atoms with Crippen molar-refractivity contribution < 1.29 is 19.2 Å². The van der Waals surface area contributed by atoms with Crippen LogP contribution in [0, 0.1) is 15.9 Å². The van der Waals surface area contributed by atoms with Crippen LogP contribution < -0.4 is 0 Å². The Kier molecular flexibility index (Phi) is 3.75. The van der Waals surface area contributed by atoms with Crippen LogP contribution >= 0.6 is 0 Å². The Morgan fingerprint density at radius 2 is 2.21 bits per heavy atom. The molecule has 0 aromatic heterocycles. The summed E-state index contributed by atoms with van der Waals surface area (Å²) in [4.78, 5) is 23.7. The van der Waals surface area contributed by atoms with Crippen molar-refractivity contribution in [2.24, 2.45) is 0 Å². The lowest BCUT2D eigenvalue weighted by Crippen LogP contribution is -2.35. The van der Waals surface area contributed by atoms with E-state index in [1.807, 2.05) is 0 Å². The second-order valence-corrected chi connectivity index (χ2v) is 4.37. The van der Waals surface area contributed by atoms with Gasteiger partial charge in [-0.15, -0.1) is 0 Å². The molecule has 1 saturated carbocycles. The van der Waals surface area contributed by atoms with Gasteiger partial charge in [0.2, 0.25) is 0 Å². The van der Waals surface area contributed by atoms with Gasteiger partial charge in [0.25, 0.3) is 11.6 Å². The summed E-state index contributed by atoms with van der Waals surface area (Å²) >= 11 is 0. The minimum absolute atomic E-state index is 0.0179. The van der Waals surface area contributed by atoms with Crippen LogP contribution in [0.4, 0.5) is 10.1 Å². The molecule has 0 saturated heterocycles. The Morgan fingerprint density at radius 1 is 1.53 bits per heavy atom. The molecular weight excluding hydrogens is 255 g/mol. The van der Waals surface area contributed by atoms with Crippen molar-refractivity contribution in [1.29, 1.82) is 0 Å². The zero-order chi connectivity index (χ0) is 14.0. The average molecular weight is 268 g/mol. The van der Waals surface area contributed by atoms with Crippen molar-refractivity contribution >= 4 is 11.6 Å². The summed E-state index contributed by atoms with van der Waals surface area (Å²) in [5, 5.41) is 19.8. The van der Waals surface area contributed by atoms with Gasteiger partial charge in [-0.1, -0.05) is 0 Å². The van der Waals surface area contributed by atoms with E-state index in [9.17, 15) is 19.3 Å². The van der Waals surface area contributed by atoms with E-state index in [1.54, 1.807) is 0 Å². The van der Waals surface area contributed by atoms with E-state index in [2.05, 4.69) is 0 Å². The Labute approximate surface area is 108 Å². The molecule has 2 rings (SSSR count). The van der Waals surface area contributed by atoms with Crippen molar-refractivity contribution in [3.05, 3.63) is 39.7 Å². The minimum Gasteiger partial charge on any atom is -0.395 e. The summed E-state index contributed by atoms with van der Waals surface area (Å²) in [6, 6.07) is 2.88. The van der Waals surface area contributed by atoms with Crippen molar-refractivity contribution in [3.8, 4) is 0 Å². The molecule has 0 unspecified atom stereocenters. The Bertz CT molecular complexity index is 516. The smallest absolute Gasteiger partial charge is 0.285 e. The molecule has 6 nitrogen and oxygen atoms in total. The molecule has 0 radical (unpaired) electrons. The molecule has 1 aliphatic rings. The standard InChI is InChI=1S/C12H13FN2O4/c13-8-1-4-10(11(7-8)15(18)19)12(17)14(5-6-16)9-2-3-9/h1,4,7,9,16H,2-3,5-6H2. The predicted octanol–water partition coefficient (Wildman–Crippen LogP) is 1.33. The van der Waals surface area contributed by atoms with E-state index in [4.69, 9.17) is 5.11 Å². The normalized spacial score (nSPS) is 14.2. The molecule has 1 amide bonds. The van der Waals surface area contributed by atoms with Crippen LogP contribution in [-0.4, -0.2) is 40.0 Å². The van der Waals surface area contributed by atoms with Gasteiger partial charge in [0.1, 0.15) is 11.4 Å². The number of rotatable bonds is 5. The molecule has 1 N–H and O–H groups in total. The second kappa shape index (κ2) is 5.31. The van der Waals surface area contributed by atoms with Crippen LogP contribution in [0.2, 0.25) is 0 Å². The molecule has 7 heteroatoms. The number of carbonyl (C=O) groups is 1. The third-order valence-electron chi connectivity index (χ3n) is 2.98.